The van der Waals surface area contributed by atoms with Gasteiger partial charge in [-0.15, -0.1) is 0 Å². The number of urea groups is 1. The lowest BCUT2D eigenvalue weighted by Gasteiger charge is -2.36. The smallest absolute Gasteiger partial charge is 0.322 e. The fraction of sp³-hybridized carbons (Fsp3) is 0.0476. The monoisotopic (exact) mass is 405 g/mol. The summed E-state index contributed by atoms with van der Waals surface area (Å²) in [7, 11) is 0. The summed E-state index contributed by atoms with van der Waals surface area (Å²) in [5.41, 5.74) is 2.56. The largest absolute Gasteiger partial charge is 0.335 e. The zero-order chi connectivity index (χ0) is 20.4. The predicted octanol–water partition coefficient (Wildman–Crippen LogP) is 4.53. The Morgan fingerprint density at radius 2 is 1.90 bits per heavy atom. The molecule has 2 heterocycles. The number of rotatable bonds is 4. The van der Waals surface area contributed by atoms with E-state index in [1.807, 2.05) is 30.3 Å². The summed E-state index contributed by atoms with van der Waals surface area (Å²) in [6, 6.07) is 16.0. The summed E-state index contributed by atoms with van der Waals surface area (Å²) in [6.07, 6.45) is 2.79. The van der Waals surface area contributed by atoms with Crippen molar-refractivity contribution >= 4 is 46.4 Å². The van der Waals surface area contributed by atoms with Crippen LogP contribution in [0.15, 0.2) is 73.4 Å². The Labute approximate surface area is 172 Å². The summed E-state index contributed by atoms with van der Waals surface area (Å²) in [4.78, 5) is 36.5. The van der Waals surface area contributed by atoms with Crippen LogP contribution >= 0.6 is 11.6 Å². The van der Waals surface area contributed by atoms with E-state index in [-0.39, 0.29) is 17.2 Å². The van der Waals surface area contributed by atoms with Crippen molar-refractivity contribution in [3.63, 3.8) is 0 Å². The highest BCUT2D eigenvalue weighted by atomic mass is 35.5. The molecular weight excluding hydrogens is 390 g/mol. The van der Waals surface area contributed by atoms with Crippen LogP contribution in [0, 0.1) is 0 Å². The fourth-order valence-electron chi connectivity index (χ4n) is 3.09. The van der Waals surface area contributed by atoms with Crippen molar-refractivity contribution in [1.29, 1.82) is 0 Å². The van der Waals surface area contributed by atoms with Gasteiger partial charge in [-0.1, -0.05) is 30.8 Å². The van der Waals surface area contributed by atoms with Crippen LogP contribution in [0.1, 0.15) is 5.56 Å². The summed E-state index contributed by atoms with van der Waals surface area (Å²) >= 11 is 6.01. The Bertz CT molecular complexity index is 1100. The van der Waals surface area contributed by atoms with Crippen LogP contribution in [0.2, 0.25) is 5.28 Å². The number of nitrogens with one attached hydrogen (secondary N) is 1. The van der Waals surface area contributed by atoms with E-state index in [4.69, 9.17) is 11.6 Å². The van der Waals surface area contributed by atoms with Gasteiger partial charge in [0.15, 0.2) is 5.82 Å². The lowest BCUT2D eigenvalue weighted by molar-refractivity contribution is -0.111. The van der Waals surface area contributed by atoms with E-state index in [1.54, 1.807) is 35.4 Å². The van der Waals surface area contributed by atoms with Gasteiger partial charge in [0.1, 0.15) is 0 Å². The number of halogens is 1. The SMILES string of the molecule is C=CC(=O)Nc1cccc(N2C(=O)N(c3ccccc3)Cc3cnc(Cl)nc32)c1. The molecule has 8 heteroatoms. The average molecular weight is 406 g/mol. The fourth-order valence-corrected chi connectivity index (χ4v) is 3.22. The lowest BCUT2D eigenvalue weighted by atomic mass is 10.1. The molecular formula is C21H16ClN5O2. The van der Waals surface area contributed by atoms with Gasteiger partial charge < -0.3 is 5.32 Å². The summed E-state index contributed by atoms with van der Waals surface area (Å²) in [5.74, 6) is 0.0678. The molecule has 2 aromatic carbocycles. The molecule has 4 rings (SSSR count). The second-order valence-corrected chi connectivity index (χ2v) is 6.61. The molecule has 1 aromatic heterocycles. The second kappa shape index (κ2) is 7.73. The molecule has 1 aliphatic heterocycles. The highest BCUT2D eigenvalue weighted by molar-refractivity contribution is 6.28. The second-order valence-electron chi connectivity index (χ2n) is 6.27. The number of aromatic nitrogens is 2. The van der Waals surface area contributed by atoms with Crippen molar-refractivity contribution in [1.82, 2.24) is 9.97 Å². The zero-order valence-corrected chi connectivity index (χ0v) is 16.0. The van der Waals surface area contributed by atoms with E-state index in [1.165, 1.54) is 11.0 Å². The van der Waals surface area contributed by atoms with E-state index in [2.05, 4.69) is 21.9 Å². The van der Waals surface area contributed by atoms with Gasteiger partial charge in [-0.3, -0.25) is 9.69 Å². The standard InChI is InChI=1S/C21H16ClN5O2/c1-2-18(28)24-15-7-6-10-17(11-15)27-19-14(12-23-20(22)25-19)13-26(21(27)29)16-8-4-3-5-9-16/h2-12H,1,13H2,(H,24,28). The van der Waals surface area contributed by atoms with Gasteiger partial charge in [-0.25, -0.2) is 14.7 Å². The number of carbonyl (C=O) groups is 2. The lowest BCUT2D eigenvalue weighted by Crippen LogP contribution is -2.45. The van der Waals surface area contributed by atoms with Crippen LogP contribution in [-0.2, 0) is 11.3 Å². The summed E-state index contributed by atoms with van der Waals surface area (Å²) < 4.78 is 0. The number of anilines is 4. The maximum atomic E-state index is 13.4. The minimum absolute atomic E-state index is 0.0471. The van der Waals surface area contributed by atoms with Crippen LogP contribution in [0.25, 0.3) is 0 Å². The molecule has 7 nitrogen and oxygen atoms in total. The first-order valence-electron chi connectivity index (χ1n) is 8.78. The molecule has 1 N–H and O–H groups in total. The number of fused-ring (bicyclic) bond motifs is 1. The molecule has 0 spiro atoms. The maximum Gasteiger partial charge on any atom is 0.335 e. The maximum absolute atomic E-state index is 13.4. The highest BCUT2D eigenvalue weighted by Gasteiger charge is 2.34. The number of benzene rings is 2. The molecule has 0 radical (unpaired) electrons. The van der Waals surface area contributed by atoms with Crippen molar-refractivity contribution in [3.05, 3.63) is 84.3 Å². The van der Waals surface area contributed by atoms with Crippen LogP contribution in [0.3, 0.4) is 0 Å². The van der Waals surface area contributed by atoms with Crippen molar-refractivity contribution in [2.24, 2.45) is 0 Å². The number of amides is 3. The minimum Gasteiger partial charge on any atom is -0.322 e. The van der Waals surface area contributed by atoms with Crippen molar-refractivity contribution in [2.75, 3.05) is 15.1 Å². The molecule has 0 atom stereocenters. The third-order valence-corrected chi connectivity index (χ3v) is 4.58. The average Bonchev–Trinajstić information content (AvgIpc) is 2.74. The van der Waals surface area contributed by atoms with Crippen LogP contribution in [0.4, 0.5) is 27.7 Å². The molecule has 3 amide bonds. The minimum atomic E-state index is -0.344. The first-order chi connectivity index (χ1) is 14.1. The Morgan fingerprint density at radius 1 is 1.14 bits per heavy atom. The van der Waals surface area contributed by atoms with E-state index in [9.17, 15) is 9.59 Å². The van der Waals surface area contributed by atoms with Gasteiger partial charge in [0, 0.05) is 23.1 Å². The van der Waals surface area contributed by atoms with Gasteiger partial charge in [-0.05, 0) is 48.0 Å². The number of nitrogens with zero attached hydrogens (tertiary/aromatic N) is 4. The zero-order valence-electron chi connectivity index (χ0n) is 15.2. The molecule has 0 saturated heterocycles. The predicted molar refractivity (Wildman–Crippen MR) is 112 cm³/mol. The Balaban J connectivity index is 1.81. The van der Waals surface area contributed by atoms with Gasteiger partial charge in [0.2, 0.25) is 11.2 Å². The molecule has 1 aliphatic rings. The van der Waals surface area contributed by atoms with Crippen molar-refractivity contribution < 1.29 is 9.59 Å². The number of carbonyl (C=O) groups excluding carboxylic acids is 2. The first-order valence-corrected chi connectivity index (χ1v) is 9.16. The molecule has 0 saturated carbocycles. The summed E-state index contributed by atoms with van der Waals surface area (Å²) in [5, 5.41) is 2.74. The molecule has 144 valence electrons. The Kier molecular flexibility index (Phi) is 4.97. The van der Waals surface area contributed by atoms with E-state index >= 15 is 0 Å². The molecule has 0 aliphatic carbocycles. The van der Waals surface area contributed by atoms with Crippen molar-refractivity contribution in [2.45, 2.75) is 6.54 Å². The van der Waals surface area contributed by atoms with E-state index < -0.39 is 0 Å². The van der Waals surface area contributed by atoms with E-state index in [0.717, 1.165) is 11.3 Å². The quantitative estimate of drug-likeness (QED) is 0.510. The molecule has 29 heavy (non-hydrogen) atoms. The third kappa shape index (κ3) is 3.68. The van der Waals surface area contributed by atoms with Gasteiger partial charge in [0.05, 0.1) is 12.2 Å². The van der Waals surface area contributed by atoms with Crippen LogP contribution in [0.5, 0.6) is 0 Å². The Hall–Kier alpha value is -3.71. The number of hydrogen-bond acceptors (Lipinski definition) is 4. The molecule has 3 aromatic rings. The normalized spacial score (nSPS) is 13.1. The molecule has 0 unspecified atom stereocenters. The van der Waals surface area contributed by atoms with Gasteiger partial charge >= 0.3 is 6.03 Å². The summed E-state index contributed by atoms with van der Waals surface area (Å²) in [6.45, 7) is 3.77. The Morgan fingerprint density at radius 3 is 2.66 bits per heavy atom. The first kappa shape index (κ1) is 18.6. The molecule has 0 fully saturated rings. The van der Waals surface area contributed by atoms with Crippen molar-refractivity contribution in [3.8, 4) is 0 Å². The highest BCUT2D eigenvalue weighted by Crippen LogP contribution is 2.36. The van der Waals surface area contributed by atoms with E-state index in [0.29, 0.717) is 23.7 Å². The van der Waals surface area contributed by atoms with Gasteiger partial charge in [-0.2, -0.15) is 4.98 Å². The molecule has 0 bridgehead atoms. The van der Waals surface area contributed by atoms with Crippen LogP contribution in [-0.4, -0.2) is 21.9 Å². The van der Waals surface area contributed by atoms with Gasteiger partial charge in [0.25, 0.3) is 0 Å². The van der Waals surface area contributed by atoms with Crippen LogP contribution < -0.4 is 15.1 Å². The number of hydrogen-bond donors (Lipinski definition) is 1. The topological polar surface area (TPSA) is 78.4 Å². The number of para-hydroxylation sites is 1. The third-order valence-electron chi connectivity index (χ3n) is 4.40.